The fourth-order valence-electron chi connectivity index (χ4n) is 3.99. The summed E-state index contributed by atoms with van der Waals surface area (Å²) in [7, 11) is 0. The van der Waals surface area contributed by atoms with Crippen molar-refractivity contribution in [3.8, 4) is 11.4 Å². The van der Waals surface area contributed by atoms with Crippen LogP contribution in [0.15, 0.2) is 91.0 Å². The molecule has 5 rings (SSSR count). The monoisotopic (exact) mass is 460 g/mol. The summed E-state index contributed by atoms with van der Waals surface area (Å²) in [6.07, 6.45) is 0. The Morgan fingerprint density at radius 1 is 0.686 bits per heavy atom. The van der Waals surface area contributed by atoms with Gasteiger partial charge in [0.25, 0.3) is 11.8 Å². The minimum Gasteiger partial charge on any atom is -0.338 e. The zero-order valence-corrected chi connectivity index (χ0v) is 19.4. The lowest BCUT2D eigenvalue weighted by Crippen LogP contribution is -2.13. The summed E-state index contributed by atoms with van der Waals surface area (Å²) < 4.78 is 0. The number of anilines is 2. The van der Waals surface area contributed by atoms with E-state index in [1.807, 2.05) is 105 Å². The molecule has 0 bridgehead atoms. The van der Waals surface area contributed by atoms with Crippen molar-refractivity contribution in [3.05, 3.63) is 113 Å². The Morgan fingerprint density at radius 3 is 1.83 bits per heavy atom. The molecule has 0 spiro atoms. The zero-order valence-electron chi connectivity index (χ0n) is 19.4. The topological polar surface area (TPSA) is 86.9 Å². The molecule has 0 atom stereocenters. The van der Waals surface area contributed by atoms with Gasteiger partial charge in [-0.1, -0.05) is 36.4 Å². The number of fused-ring (bicyclic) bond motifs is 1. The molecule has 4 aromatic carbocycles. The van der Waals surface area contributed by atoms with E-state index in [2.05, 4.69) is 20.6 Å². The van der Waals surface area contributed by atoms with Crippen molar-refractivity contribution in [1.82, 2.24) is 9.97 Å². The molecule has 0 unspecified atom stereocenters. The number of amides is 2. The quantitative estimate of drug-likeness (QED) is 0.286. The Hall–Kier alpha value is -4.71. The maximum Gasteiger partial charge on any atom is 0.255 e. The average molecular weight is 461 g/mol. The van der Waals surface area contributed by atoms with Crippen LogP contribution in [0.1, 0.15) is 31.8 Å². The van der Waals surface area contributed by atoms with E-state index in [1.165, 1.54) is 0 Å². The minimum atomic E-state index is -0.148. The number of rotatable bonds is 5. The number of H-pyrrole nitrogens is 1. The second kappa shape index (κ2) is 9.27. The highest BCUT2D eigenvalue weighted by molar-refractivity contribution is 6.06. The van der Waals surface area contributed by atoms with Crippen LogP contribution in [0.3, 0.4) is 0 Å². The lowest BCUT2D eigenvalue weighted by atomic mass is 10.1. The largest absolute Gasteiger partial charge is 0.338 e. The molecule has 0 aliphatic carbocycles. The van der Waals surface area contributed by atoms with E-state index in [0.717, 1.165) is 27.7 Å². The van der Waals surface area contributed by atoms with E-state index < -0.39 is 0 Å². The smallest absolute Gasteiger partial charge is 0.255 e. The molecule has 2 amide bonds. The second-order valence-electron chi connectivity index (χ2n) is 8.43. The maximum absolute atomic E-state index is 12.6. The zero-order chi connectivity index (χ0) is 24.4. The van der Waals surface area contributed by atoms with E-state index in [1.54, 1.807) is 0 Å². The van der Waals surface area contributed by atoms with Gasteiger partial charge in [-0.3, -0.25) is 9.59 Å². The molecule has 172 valence electrons. The molecule has 35 heavy (non-hydrogen) atoms. The van der Waals surface area contributed by atoms with Gasteiger partial charge >= 0.3 is 0 Å². The summed E-state index contributed by atoms with van der Waals surface area (Å²) >= 11 is 0. The van der Waals surface area contributed by atoms with Crippen molar-refractivity contribution in [2.75, 3.05) is 10.6 Å². The van der Waals surface area contributed by atoms with Crippen molar-refractivity contribution >= 4 is 34.2 Å². The first kappa shape index (κ1) is 22.1. The molecular formula is C29H24N4O2. The van der Waals surface area contributed by atoms with Crippen molar-refractivity contribution in [2.45, 2.75) is 13.8 Å². The van der Waals surface area contributed by atoms with Crippen LogP contribution in [-0.4, -0.2) is 21.8 Å². The first-order valence-corrected chi connectivity index (χ1v) is 11.3. The number of hydrogen-bond acceptors (Lipinski definition) is 3. The summed E-state index contributed by atoms with van der Waals surface area (Å²) in [5.41, 5.74) is 7.05. The summed E-state index contributed by atoms with van der Waals surface area (Å²) in [6, 6.07) is 28.1. The maximum atomic E-state index is 12.6. The van der Waals surface area contributed by atoms with Gasteiger partial charge < -0.3 is 15.6 Å². The molecular weight excluding hydrogens is 436 g/mol. The molecule has 3 N–H and O–H groups in total. The van der Waals surface area contributed by atoms with Crippen LogP contribution < -0.4 is 10.6 Å². The number of benzene rings is 4. The molecule has 0 saturated heterocycles. The minimum absolute atomic E-state index is 0.139. The van der Waals surface area contributed by atoms with E-state index in [0.29, 0.717) is 28.3 Å². The molecule has 0 radical (unpaired) electrons. The molecule has 0 aliphatic rings. The number of imidazole rings is 1. The lowest BCUT2D eigenvalue weighted by Gasteiger charge is -2.08. The molecule has 6 heteroatoms. The Bertz CT molecular complexity index is 1550. The molecule has 0 saturated carbocycles. The summed E-state index contributed by atoms with van der Waals surface area (Å²) in [4.78, 5) is 33.2. The van der Waals surface area contributed by atoms with Crippen molar-refractivity contribution in [1.29, 1.82) is 0 Å². The highest BCUT2D eigenvalue weighted by Crippen LogP contribution is 2.25. The number of nitrogens with one attached hydrogen (secondary N) is 3. The van der Waals surface area contributed by atoms with Crippen LogP contribution >= 0.6 is 0 Å². The number of aromatic amines is 1. The van der Waals surface area contributed by atoms with Crippen LogP contribution in [0.4, 0.5) is 11.4 Å². The van der Waals surface area contributed by atoms with Gasteiger partial charge in [0.2, 0.25) is 0 Å². The Balaban J connectivity index is 1.32. The average Bonchev–Trinajstić information content (AvgIpc) is 3.28. The molecule has 5 aromatic rings. The predicted molar refractivity (Wildman–Crippen MR) is 140 cm³/mol. The van der Waals surface area contributed by atoms with Crippen LogP contribution in [0.5, 0.6) is 0 Å². The Morgan fingerprint density at radius 2 is 1.23 bits per heavy atom. The lowest BCUT2D eigenvalue weighted by molar-refractivity contribution is 0.101. The number of hydrogen-bond donors (Lipinski definition) is 3. The van der Waals surface area contributed by atoms with Gasteiger partial charge in [0.15, 0.2) is 0 Å². The molecule has 0 aliphatic heterocycles. The fraction of sp³-hybridized carbons (Fsp3) is 0.0690. The van der Waals surface area contributed by atoms with Gasteiger partial charge in [0.05, 0.1) is 11.0 Å². The predicted octanol–water partition coefficient (Wildman–Crippen LogP) is 6.35. The Labute approximate surface area is 203 Å². The summed E-state index contributed by atoms with van der Waals surface area (Å²) in [6.45, 7) is 3.83. The van der Waals surface area contributed by atoms with Gasteiger partial charge in [-0.15, -0.1) is 0 Å². The van der Waals surface area contributed by atoms with Crippen LogP contribution in [0.25, 0.3) is 22.4 Å². The normalized spacial score (nSPS) is 10.8. The highest BCUT2D eigenvalue weighted by atomic mass is 16.2. The van der Waals surface area contributed by atoms with E-state index in [-0.39, 0.29) is 11.8 Å². The first-order valence-electron chi connectivity index (χ1n) is 11.3. The number of aromatic nitrogens is 2. The number of nitrogens with zero attached hydrogens (tertiary/aromatic N) is 1. The van der Waals surface area contributed by atoms with Gasteiger partial charge in [0.1, 0.15) is 5.82 Å². The third-order valence-corrected chi connectivity index (χ3v) is 5.94. The van der Waals surface area contributed by atoms with E-state index in [4.69, 9.17) is 0 Å². The molecule has 6 nitrogen and oxygen atoms in total. The van der Waals surface area contributed by atoms with Crippen LogP contribution in [0, 0.1) is 13.8 Å². The number of aryl methyl sites for hydroxylation is 2. The third-order valence-electron chi connectivity index (χ3n) is 5.94. The van der Waals surface area contributed by atoms with Crippen LogP contribution in [0.2, 0.25) is 0 Å². The number of carbonyl (C=O) groups excluding carboxylic acids is 2. The summed E-state index contributed by atoms with van der Waals surface area (Å²) in [5.74, 6) is 0.421. The Kier molecular flexibility index (Phi) is 5.85. The van der Waals surface area contributed by atoms with Crippen LogP contribution in [-0.2, 0) is 0 Å². The SMILES string of the molecule is Cc1ccccc1C(=O)Nc1ccc(-c2nc3ccc(NC(=O)c4ccccc4C)cc3[nH]2)cc1. The fourth-order valence-corrected chi connectivity index (χ4v) is 3.99. The highest BCUT2D eigenvalue weighted by Gasteiger charge is 2.12. The van der Waals surface area contributed by atoms with Crippen molar-refractivity contribution in [3.63, 3.8) is 0 Å². The first-order chi connectivity index (χ1) is 17.0. The van der Waals surface area contributed by atoms with E-state index >= 15 is 0 Å². The summed E-state index contributed by atoms with van der Waals surface area (Å²) in [5, 5.41) is 5.89. The van der Waals surface area contributed by atoms with Gasteiger partial charge in [-0.05, 0) is 79.6 Å². The number of carbonyl (C=O) groups is 2. The standard InChI is InChI=1S/C29H24N4O2/c1-18-7-3-5-9-23(18)28(34)30-21-13-11-20(12-14-21)27-32-25-16-15-22(17-26(25)33-27)31-29(35)24-10-6-4-8-19(24)2/h3-17H,1-2H3,(H,30,34)(H,31,35)(H,32,33). The van der Waals surface area contributed by atoms with Crippen molar-refractivity contribution in [2.24, 2.45) is 0 Å². The molecule has 1 heterocycles. The van der Waals surface area contributed by atoms with E-state index in [9.17, 15) is 9.59 Å². The van der Waals surface area contributed by atoms with Gasteiger partial charge in [-0.25, -0.2) is 4.98 Å². The molecule has 1 aromatic heterocycles. The van der Waals surface area contributed by atoms with Crippen molar-refractivity contribution < 1.29 is 9.59 Å². The van der Waals surface area contributed by atoms with Gasteiger partial charge in [0, 0.05) is 28.1 Å². The third kappa shape index (κ3) is 4.68. The second-order valence-corrected chi connectivity index (χ2v) is 8.43. The van der Waals surface area contributed by atoms with Gasteiger partial charge in [-0.2, -0.15) is 0 Å². The molecule has 0 fully saturated rings.